The van der Waals surface area contributed by atoms with Crippen molar-refractivity contribution in [2.45, 2.75) is 53.0 Å². The van der Waals surface area contributed by atoms with Crippen molar-refractivity contribution in [3.8, 4) is 0 Å². The topological polar surface area (TPSA) is 3.24 Å². The van der Waals surface area contributed by atoms with Gasteiger partial charge in [-0.05, 0) is 38.4 Å². The van der Waals surface area contributed by atoms with Crippen LogP contribution in [0.1, 0.15) is 50.7 Å². The molecule has 0 amide bonds. The summed E-state index contributed by atoms with van der Waals surface area (Å²) in [6.07, 6.45) is 5.25. The summed E-state index contributed by atoms with van der Waals surface area (Å²) in [5, 5.41) is 0. The summed E-state index contributed by atoms with van der Waals surface area (Å²) in [6.45, 7) is 10.3. The Morgan fingerprint density at radius 2 is 1.59 bits per heavy atom. The molecule has 0 N–H and O–H groups in total. The largest absolute Gasteiger partial charge is 0.299 e. The lowest BCUT2D eigenvalue weighted by Crippen LogP contribution is -2.25. The number of hydrogen-bond acceptors (Lipinski definition) is 1. The Hall–Kier alpha value is -0.820. The van der Waals surface area contributed by atoms with Gasteiger partial charge < -0.3 is 0 Å². The summed E-state index contributed by atoms with van der Waals surface area (Å²) in [5.41, 5.74) is 2.79. The van der Waals surface area contributed by atoms with Crippen LogP contribution in [0.15, 0.2) is 24.3 Å². The van der Waals surface area contributed by atoms with Crippen molar-refractivity contribution >= 4 is 0 Å². The SMILES string of the molecule is CCCCCN(CCC)Cc1ccc(C)cc1. The number of unbranched alkanes of at least 4 members (excludes halogenated alkanes) is 2. The molecular weight excluding hydrogens is 206 g/mol. The van der Waals surface area contributed by atoms with Gasteiger partial charge in [0.25, 0.3) is 0 Å². The molecule has 1 aromatic carbocycles. The summed E-state index contributed by atoms with van der Waals surface area (Å²) in [4.78, 5) is 2.58. The molecule has 0 spiro atoms. The van der Waals surface area contributed by atoms with Crippen molar-refractivity contribution < 1.29 is 0 Å². The molecule has 0 aromatic heterocycles. The fraction of sp³-hybridized carbons (Fsp3) is 0.625. The van der Waals surface area contributed by atoms with E-state index in [-0.39, 0.29) is 0 Å². The lowest BCUT2D eigenvalue weighted by atomic mass is 10.1. The van der Waals surface area contributed by atoms with E-state index in [2.05, 4.69) is 49.9 Å². The molecule has 1 aromatic rings. The first-order chi connectivity index (χ1) is 8.26. The monoisotopic (exact) mass is 233 g/mol. The van der Waals surface area contributed by atoms with E-state index in [1.165, 1.54) is 49.9 Å². The Kier molecular flexibility index (Phi) is 6.95. The van der Waals surface area contributed by atoms with Crippen molar-refractivity contribution in [2.24, 2.45) is 0 Å². The van der Waals surface area contributed by atoms with E-state index in [9.17, 15) is 0 Å². The maximum absolute atomic E-state index is 2.58. The molecule has 1 heteroatoms. The second-order valence-electron chi connectivity index (χ2n) is 4.97. The number of hydrogen-bond donors (Lipinski definition) is 0. The van der Waals surface area contributed by atoms with Crippen LogP contribution in [0.4, 0.5) is 0 Å². The first-order valence-electron chi connectivity index (χ1n) is 7.04. The first-order valence-corrected chi connectivity index (χ1v) is 7.04. The minimum Gasteiger partial charge on any atom is -0.299 e. The van der Waals surface area contributed by atoms with Crippen molar-refractivity contribution in [3.63, 3.8) is 0 Å². The third-order valence-electron chi connectivity index (χ3n) is 3.14. The van der Waals surface area contributed by atoms with Crippen molar-refractivity contribution in [1.29, 1.82) is 0 Å². The van der Waals surface area contributed by atoms with E-state index >= 15 is 0 Å². The van der Waals surface area contributed by atoms with Gasteiger partial charge in [0.05, 0.1) is 0 Å². The molecule has 1 nitrogen and oxygen atoms in total. The third-order valence-corrected chi connectivity index (χ3v) is 3.14. The molecule has 0 aliphatic heterocycles. The molecule has 0 fully saturated rings. The van der Waals surface area contributed by atoms with Crippen LogP contribution in [0.3, 0.4) is 0 Å². The van der Waals surface area contributed by atoms with Crippen molar-refractivity contribution in [3.05, 3.63) is 35.4 Å². The van der Waals surface area contributed by atoms with Gasteiger partial charge in [-0.2, -0.15) is 0 Å². The van der Waals surface area contributed by atoms with Crippen LogP contribution < -0.4 is 0 Å². The van der Waals surface area contributed by atoms with Crippen LogP contribution in [-0.4, -0.2) is 18.0 Å². The molecule has 0 unspecified atom stereocenters. The molecule has 0 atom stereocenters. The molecule has 0 aliphatic rings. The van der Waals surface area contributed by atoms with Gasteiger partial charge in [0.2, 0.25) is 0 Å². The van der Waals surface area contributed by atoms with Gasteiger partial charge in [-0.3, -0.25) is 4.90 Å². The van der Waals surface area contributed by atoms with E-state index in [1.807, 2.05) is 0 Å². The average Bonchev–Trinajstić information content (AvgIpc) is 2.32. The zero-order valence-electron chi connectivity index (χ0n) is 11.7. The minimum absolute atomic E-state index is 1.11. The molecule has 0 radical (unpaired) electrons. The number of rotatable bonds is 8. The highest BCUT2D eigenvalue weighted by Gasteiger charge is 2.04. The molecule has 17 heavy (non-hydrogen) atoms. The van der Waals surface area contributed by atoms with E-state index in [1.54, 1.807) is 0 Å². The van der Waals surface area contributed by atoms with Gasteiger partial charge in [0.15, 0.2) is 0 Å². The Balaban J connectivity index is 2.44. The standard InChI is InChI=1S/C16H27N/c1-4-6-7-13-17(12-5-2)14-16-10-8-15(3)9-11-16/h8-11H,4-7,12-14H2,1-3H3. The Labute approximate surface area is 107 Å². The summed E-state index contributed by atoms with van der Waals surface area (Å²) in [6, 6.07) is 8.95. The van der Waals surface area contributed by atoms with Crippen LogP contribution in [0.2, 0.25) is 0 Å². The van der Waals surface area contributed by atoms with Crippen LogP contribution in [-0.2, 0) is 6.54 Å². The first kappa shape index (κ1) is 14.2. The second-order valence-corrected chi connectivity index (χ2v) is 4.97. The van der Waals surface area contributed by atoms with Gasteiger partial charge in [0.1, 0.15) is 0 Å². The molecule has 96 valence electrons. The predicted molar refractivity (Wildman–Crippen MR) is 76.3 cm³/mol. The lowest BCUT2D eigenvalue weighted by molar-refractivity contribution is 0.260. The van der Waals surface area contributed by atoms with Crippen LogP contribution in [0, 0.1) is 6.92 Å². The zero-order valence-corrected chi connectivity index (χ0v) is 11.7. The van der Waals surface area contributed by atoms with Gasteiger partial charge in [-0.15, -0.1) is 0 Å². The highest BCUT2D eigenvalue weighted by atomic mass is 15.1. The Bertz CT molecular complexity index is 289. The third kappa shape index (κ3) is 5.88. The second kappa shape index (κ2) is 8.30. The van der Waals surface area contributed by atoms with E-state index in [4.69, 9.17) is 0 Å². The van der Waals surface area contributed by atoms with E-state index in [0.717, 1.165) is 6.54 Å². The number of nitrogens with zero attached hydrogens (tertiary/aromatic N) is 1. The Morgan fingerprint density at radius 1 is 0.882 bits per heavy atom. The molecule has 0 bridgehead atoms. The van der Waals surface area contributed by atoms with Gasteiger partial charge >= 0.3 is 0 Å². The summed E-state index contributed by atoms with van der Waals surface area (Å²) in [7, 11) is 0. The number of benzene rings is 1. The minimum atomic E-state index is 1.11. The van der Waals surface area contributed by atoms with Gasteiger partial charge in [-0.25, -0.2) is 0 Å². The molecular formula is C16H27N. The van der Waals surface area contributed by atoms with E-state index < -0.39 is 0 Å². The maximum Gasteiger partial charge on any atom is 0.0233 e. The highest BCUT2D eigenvalue weighted by molar-refractivity contribution is 5.21. The van der Waals surface area contributed by atoms with E-state index in [0.29, 0.717) is 0 Å². The normalized spacial score (nSPS) is 11.1. The smallest absolute Gasteiger partial charge is 0.0233 e. The lowest BCUT2D eigenvalue weighted by Gasteiger charge is -2.21. The van der Waals surface area contributed by atoms with Crippen LogP contribution in [0.25, 0.3) is 0 Å². The molecule has 1 rings (SSSR count). The summed E-state index contributed by atoms with van der Waals surface area (Å²) in [5.74, 6) is 0. The summed E-state index contributed by atoms with van der Waals surface area (Å²) < 4.78 is 0. The van der Waals surface area contributed by atoms with Gasteiger partial charge in [-0.1, -0.05) is 56.5 Å². The number of aryl methyl sites for hydroxylation is 1. The predicted octanol–water partition coefficient (Wildman–Crippen LogP) is 4.40. The van der Waals surface area contributed by atoms with Crippen LogP contribution in [0.5, 0.6) is 0 Å². The fourth-order valence-electron chi connectivity index (χ4n) is 2.12. The Morgan fingerprint density at radius 3 is 2.18 bits per heavy atom. The fourth-order valence-corrected chi connectivity index (χ4v) is 2.12. The molecule has 0 saturated heterocycles. The highest BCUT2D eigenvalue weighted by Crippen LogP contribution is 2.09. The van der Waals surface area contributed by atoms with Crippen molar-refractivity contribution in [2.75, 3.05) is 13.1 Å². The zero-order chi connectivity index (χ0) is 12.5. The maximum atomic E-state index is 2.58. The van der Waals surface area contributed by atoms with Crippen molar-refractivity contribution in [1.82, 2.24) is 4.90 Å². The quantitative estimate of drug-likeness (QED) is 0.602. The molecule has 0 saturated carbocycles. The summed E-state index contributed by atoms with van der Waals surface area (Å²) >= 11 is 0. The molecule has 0 heterocycles. The van der Waals surface area contributed by atoms with Gasteiger partial charge in [0, 0.05) is 6.54 Å². The molecule has 0 aliphatic carbocycles. The average molecular weight is 233 g/mol. The van der Waals surface area contributed by atoms with Crippen LogP contribution >= 0.6 is 0 Å².